The molecule has 196 valence electrons. The molecule has 1 unspecified atom stereocenters. The van der Waals surface area contributed by atoms with Crippen molar-refractivity contribution in [3.8, 4) is 0 Å². The Morgan fingerprint density at radius 1 is 0.750 bits per heavy atom. The van der Waals surface area contributed by atoms with Crippen LogP contribution in [0.15, 0.2) is 60.7 Å². The zero-order valence-corrected chi connectivity index (χ0v) is 21.3. The summed E-state index contributed by atoms with van der Waals surface area (Å²) in [6.07, 6.45) is 0.319. The number of rotatable bonds is 12. The molecular formula is C27H37N3O6. The summed E-state index contributed by atoms with van der Waals surface area (Å²) in [6, 6.07) is 18.4. The van der Waals surface area contributed by atoms with Crippen LogP contribution < -0.4 is 16.0 Å². The number of carbonyl (C=O) groups excluding carboxylic acids is 3. The fourth-order valence-corrected chi connectivity index (χ4v) is 3.16. The third-order valence-electron chi connectivity index (χ3n) is 4.89. The predicted octanol–water partition coefficient (Wildman–Crippen LogP) is 4.90. The highest BCUT2D eigenvalue weighted by Crippen LogP contribution is 2.07. The molecule has 2 aromatic rings. The Hall–Kier alpha value is -3.75. The van der Waals surface area contributed by atoms with Crippen molar-refractivity contribution in [2.45, 2.75) is 64.9 Å². The molecule has 0 aromatic heterocycles. The van der Waals surface area contributed by atoms with Gasteiger partial charge in [-0.1, -0.05) is 60.7 Å². The molecule has 0 spiro atoms. The quantitative estimate of drug-likeness (QED) is 0.283. The summed E-state index contributed by atoms with van der Waals surface area (Å²) in [5.41, 5.74) is 1.20. The van der Waals surface area contributed by atoms with Crippen molar-refractivity contribution in [3.05, 3.63) is 71.8 Å². The Morgan fingerprint density at radius 2 is 1.31 bits per heavy atom. The molecule has 2 aromatic carbocycles. The number of ether oxygens (including phenoxy) is 3. The zero-order valence-electron chi connectivity index (χ0n) is 21.3. The molecule has 9 heteroatoms. The lowest BCUT2D eigenvalue weighted by molar-refractivity contribution is 0.0526. The first-order valence-electron chi connectivity index (χ1n) is 12.1. The number of benzene rings is 2. The van der Waals surface area contributed by atoms with Crippen LogP contribution in [0, 0.1) is 0 Å². The molecule has 0 saturated carbocycles. The summed E-state index contributed by atoms with van der Waals surface area (Å²) >= 11 is 0. The van der Waals surface area contributed by atoms with Crippen LogP contribution in [0.1, 0.15) is 51.2 Å². The standard InChI is InChI=1S/C27H37N3O6/c1-27(2,3)36-25(32)28-17-11-10-16-23(30-26(33)35-20-22-14-8-5-9-15-22)18-29-24(31)34-19-21-12-6-4-7-13-21/h4-9,12-15,23H,10-11,16-20H2,1-3H3,(H,28,32)(H,29,31)(H,30,33). The average Bonchev–Trinajstić information content (AvgIpc) is 2.84. The molecule has 2 rings (SSSR count). The minimum absolute atomic E-state index is 0.145. The maximum absolute atomic E-state index is 12.3. The lowest BCUT2D eigenvalue weighted by Gasteiger charge is -2.20. The van der Waals surface area contributed by atoms with Gasteiger partial charge < -0.3 is 30.2 Å². The van der Waals surface area contributed by atoms with E-state index in [0.29, 0.717) is 25.8 Å². The first kappa shape index (κ1) is 28.5. The Bertz CT molecular complexity index is 932. The maximum atomic E-state index is 12.3. The van der Waals surface area contributed by atoms with Gasteiger partial charge in [-0.05, 0) is 51.2 Å². The van der Waals surface area contributed by atoms with E-state index in [4.69, 9.17) is 14.2 Å². The van der Waals surface area contributed by atoms with Crippen molar-refractivity contribution in [3.63, 3.8) is 0 Å². The number of alkyl carbamates (subject to hydrolysis) is 3. The molecule has 0 heterocycles. The van der Waals surface area contributed by atoms with Crippen molar-refractivity contribution in [2.75, 3.05) is 13.1 Å². The van der Waals surface area contributed by atoms with Crippen LogP contribution in [0.5, 0.6) is 0 Å². The van der Waals surface area contributed by atoms with Crippen LogP contribution in [0.3, 0.4) is 0 Å². The lowest BCUT2D eigenvalue weighted by Crippen LogP contribution is -2.44. The van der Waals surface area contributed by atoms with Gasteiger partial charge in [0.2, 0.25) is 0 Å². The summed E-state index contributed by atoms with van der Waals surface area (Å²) in [4.78, 5) is 36.2. The largest absolute Gasteiger partial charge is 0.445 e. The Morgan fingerprint density at radius 3 is 1.86 bits per heavy atom. The fourth-order valence-electron chi connectivity index (χ4n) is 3.16. The average molecular weight is 500 g/mol. The third kappa shape index (κ3) is 13.2. The van der Waals surface area contributed by atoms with Crippen LogP contribution in [-0.4, -0.2) is 43.0 Å². The van der Waals surface area contributed by atoms with Gasteiger partial charge in [0.15, 0.2) is 0 Å². The van der Waals surface area contributed by atoms with Gasteiger partial charge >= 0.3 is 18.3 Å². The van der Waals surface area contributed by atoms with E-state index in [0.717, 1.165) is 11.1 Å². The Labute approximate surface area is 212 Å². The molecule has 0 saturated heterocycles. The Balaban J connectivity index is 1.77. The van der Waals surface area contributed by atoms with E-state index in [-0.39, 0.29) is 25.8 Å². The number of unbranched alkanes of at least 4 members (excludes halogenated alkanes) is 1. The van der Waals surface area contributed by atoms with Gasteiger partial charge in [0, 0.05) is 19.1 Å². The van der Waals surface area contributed by atoms with Crippen molar-refractivity contribution < 1.29 is 28.6 Å². The second-order valence-electron chi connectivity index (χ2n) is 9.27. The Kier molecular flexibility index (Phi) is 12.1. The first-order chi connectivity index (χ1) is 17.2. The van der Waals surface area contributed by atoms with E-state index in [9.17, 15) is 14.4 Å². The molecule has 0 radical (unpaired) electrons. The molecule has 3 amide bonds. The van der Waals surface area contributed by atoms with E-state index < -0.39 is 23.9 Å². The minimum atomic E-state index is -0.574. The molecule has 36 heavy (non-hydrogen) atoms. The summed E-state index contributed by atoms with van der Waals surface area (Å²) in [7, 11) is 0. The summed E-state index contributed by atoms with van der Waals surface area (Å²) in [6.45, 7) is 6.32. The molecular weight excluding hydrogens is 462 g/mol. The van der Waals surface area contributed by atoms with E-state index in [1.165, 1.54) is 0 Å². The van der Waals surface area contributed by atoms with Gasteiger partial charge in [0.1, 0.15) is 18.8 Å². The highest BCUT2D eigenvalue weighted by atomic mass is 16.6. The van der Waals surface area contributed by atoms with Gasteiger partial charge in [-0.3, -0.25) is 0 Å². The van der Waals surface area contributed by atoms with Crippen molar-refractivity contribution in [2.24, 2.45) is 0 Å². The second kappa shape index (κ2) is 15.3. The summed E-state index contributed by atoms with van der Waals surface area (Å²) < 4.78 is 15.8. The molecule has 0 bridgehead atoms. The van der Waals surface area contributed by atoms with Crippen LogP contribution in [0.2, 0.25) is 0 Å². The number of hydrogen-bond donors (Lipinski definition) is 3. The fraction of sp³-hybridized carbons (Fsp3) is 0.444. The number of amides is 3. The summed E-state index contributed by atoms with van der Waals surface area (Å²) in [5.74, 6) is 0. The predicted molar refractivity (Wildman–Crippen MR) is 136 cm³/mol. The van der Waals surface area contributed by atoms with Crippen LogP contribution in [0.25, 0.3) is 0 Å². The van der Waals surface area contributed by atoms with Crippen molar-refractivity contribution >= 4 is 18.3 Å². The summed E-state index contributed by atoms with van der Waals surface area (Å²) in [5, 5.41) is 8.21. The van der Waals surface area contributed by atoms with E-state index in [1.807, 2.05) is 60.7 Å². The molecule has 0 aliphatic carbocycles. The highest BCUT2D eigenvalue weighted by molar-refractivity contribution is 5.69. The van der Waals surface area contributed by atoms with Gasteiger partial charge in [0.25, 0.3) is 0 Å². The van der Waals surface area contributed by atoms with Gasteiger partial charge in [-0.2, -0.15) is 0 Å². The van der Waals surface area contributed by atoms with Gasteiger partial charge in [-0.25, -0.2) is 14.4 Å². The molecule has 0 aliphatic heterocycles. The van der Waals surface area contributed by atoms with Gasteiger partial charge in [0.05, 0.1) is 0 Å². The third-order valence-corrected chi connectivity index (χ3v) is 4.89. The smallest absolute Gasteiger partial charge is 0.407 e. The van der Waals surface area contributed by atoms with E-state index in [2.05, 4.69) is 16.0 Å². The molecule has 1 atom stereocenters. The van der Waals surface area contributed by atoms with E-state index >= 15 is 0 Å². The van der Waals surface area contributed by atoms with Crippen LogP contribution in [-0.2, 0) is 27.4 Å². The molecule has 9 nitrogen and oxygen atoms in total. The van der Waals surface area contributed by atoms with Crippen molar-refractivity contribution in [1.82, 2.24) is 16.0 Å². The number of hydrogen-bond acceptors (Lipinski definition) is 6. The normalized spacial score (nSPS) is 11.6. The number of nitrogens with one attached hydrogen (secondary N) is 3. The van der Waals surface area contributed by atoms with E-state index in [1.54, 1.807) is 20.8 Å². The lowest BCUT2D eigenvalue weighted by atomic mass is 10.1. The topological polar surface area (TPSA) is 115 Å². The maximum Gasteiger partial charge on any atom is 0.407 e. The molecule has 3 N–H and O–H groups in total. The van der Waals surface area contributed by atoms with Crippen molar-refractivity contribution in [1.29, 1.82) is 0 Å². The first-order valence-corrected chi connectivity index (χ1v) is 12.1. The highest BCUT2D eigenvalue weighted by Gasteiger charge is 2.17. The minimum Gasteiger partial charge on any atom is -0.445 e. The zero-order chi connectivity index (χ0) is 26.2. The van der Waals surface area contributed by atoms with Crippen LogP contribution >= 0.6 is 0 Å². The second-order valence-corrected chi connectivity index (χ2v) is 9.27. The van der Waals surface area contributed by atoms with Gasteiger partial charge in [-0.15, -0.1) is 0 Å². The molecule has 0 fully saturated rings. The SMILES string of the molecule is CC(C)(C)OC(=O)NCCCCC(CNC(=O)OCc1ccccc1)NC(=O)OCc1ccccc1. The van der Waals surface area contributed by atoms with Crippen LogP contribution in [0.4, 0.5) is 14.4 Å². The molecule has 0 aliphatic rings. The number of carbonyl (C=O) groups is 3. The monoisotopic (exact) mass is 499 g/mol.